The van der Waals surface area contributed by atoms with Gasteiger partial charge in [0.15, 0.2) is 0 Å². The Kier molecular flexibility index (Phi) is 4.98. The molecule has 0 aliphatic rings. The average molecular weight is 361 g/mol. The molecule has 1 heterocycles. The van der Waals surface area contributed by atoms with Crippen molar-refractivity contribution in [1.82, 2.24) is 9.78 Å². The summed E-state index contributed by atoms with van der Waals surface area (Å²) < 4.78 is 26.4. The van der Waals surface area contributed by atoms with E-state index < -0.39 is 29.5 Å². The topological polar surface area (TPSA) is 110 Å². The van der Waals surface area contributed by atoms with Gasteiger partial charge in [0.1, 0.15) is 18.0 Å². The third-order valence-electron chi connectivity index (χ3n) is 3.12. The molecule has 8 nitrogen and oxygen atoms in total. The number of phenolic OH excluding ortho intramolecular Hbond substituents is 1. The molecule has 2 rings (SSSR count). The van der Waals surface area contributed by atoms with Crippen molar-refractivity contribution in [2.45, 2.75) is 19.9 Å². The van der Waals surface area contributed by atoms with E-state index in [9.17, 15) is 28.8 Å². The van der Waals surface area contributed by atoms with E-state index in [0.29, 0.717) is 0 Å². The number of non-ortho nitro benzene ring substituents is 1. The van der Waals surface area contributed by atoms with Crippen LogP contribution in [-0.2, 0) is 11.3 Å². The van der Waals surface area contributed by atoms with Gasteiger partial charge in [0.05, 0.1) is 21.3 Å². The molecule has 0 atom stereocenters. The minimum absolute atomic E-state index is 0.172. The number of hydrogen-bond donors (Lipinski definition) is 2. The van der Waals surface area contributed by atoms with E-state index >= 15 is 0 Å². The van der Waals surface area contributed by atoms with E-state index in [1.165, 1.54) is 6.92 Å². The molecule has 0 unspecified atom stereocenters. The van der Waals surface area contributed by atoms with Crippen LogP contribution in [0.3, 0.4) is 0 Å². The van der Waals surface area contributed by atoms with Crippen LogP contribution in [0.25, 0.3) is 0 Å². The maximum absolute atomic E-state index is 12.7. The van der Waals surface area contributed by atoms with Crippen LogP contribution in [0.1, 0.15) is 17.8 Å². The fraction of sp³-hybridized carbons (Fsp3) is 0.231. The van der Waals surface area contributed by atoms with E-state index in [2.05, 4.69) is 10.4 Å². The van der Waals surface area contributed by atoms with E-state index in [-0.39, 0.29) is 27.8 Å². The van der Waals surface area contributed by atoms with Crippen LogP contribution < -0.4 is 5.32 Å². The number of nitrogens with one attached hydrogen (secondary N) is 1. The highest BCUT2D eigenvalue weighted by atomic mass is 35.5. The Bertz CT molecular complexity index is 810. The summed E-state index contributed by atoms with van der Waals surface area (Å²) in [5, 5.41) is 25.9. The zero-order valence-corrected chi connectivity index (χ0v) is 12.9. The second-order valence-corrected chi connectivity index (χ2v) is 5.13. The number of anilines is 1. The number of aromatic hydroxyl groups is 1. The van der Waals surface area contributed by atoms with E-state index in [1.807, 2.05) is 0 Å². The lowest BCUT2D eigenvalue weighted by atomic mass is 10.2. The monoisotopic (exact) mass is 360 g/mol. The van der Waals surface area contributed by atoms with Crippen LogP contribution in [-0.4, -0.2) is 25.7 Å². The number of nitrogens with zero attached hydrogens (tertiary/aromatic N) is 3. The Morgan fingerprint density at radius 3 is 2.75 bits per heavy atom. The Morgan fingerprint density at radius 1 is 1.54 bits per heavy atom. The highest BCUT2D eigenvalue weighted by Gasteiger charge is 2.22. The minimum atomic E-state index is -2.89. The summed E-state index contributed by atoms with van der Waals surface area (Å²) in [6, 6.07) is 3.09. The van der Waals surface area contributed by atoms with Gasteiger partial charge in [-0.05, 0) is 13.0 Å². The molecule has 2 N–H and O–H groups in total. The molecule has 0 fully saturated rings. The van der Waals surface area contributed by atoms with Crippen molar-refractivity contribution in [2.24, 2.45) is 0 Å². The van der Waals surface area contributed by atoms with Crippen molar-refractivity contribution >= 4 is 28.9 Å². The summed E-state index contributed by atoms with van der Waals surface area (Å²) in [6.07, 6.45) is -2.89. The predicted molar refractivity (Wildman–Crippen MR) is 80.3 cm³/mol. The van der Waals surface area contributed by atoms with Gasteiger partial charge in [-0.3, -0.25) is 19.6 Å². The van der Waals surface area contributed by atoms with Gasteiger partial charge in [-0.25, -0.2) is 8.78 Å². The highest BCUT2D eigenvalue weighted by Crippen LogP contribution is 2.29. The number of halogens is 3. The Hall–Kier alpha value is -2.75. The smallest absolute Gasteiger partial charge is 0.283 e. The van der Waals surface area contributed by atoms with Gasteiger partial charge in [-0.1, -0.05) is 11.6 Å². The SMILES string of the molecule is Cc1c(Cl)c(C(F)F)nn1CC(=O)Nc1cc([N+](=O)[O-])ccc1O. The van der Waals surface area contributed by atoms with Crippen molar-refractivity contribution in [3.63, 3.8) is 0 Å². The summed E-state index contributed by atoms with van der Waals surface area (Å²) >= 11 is 5.72. The zero-order valence-electron chi connectivity index (χ0n) is 12.2. The number of phenols is 1. The number of hydrogen-bond acceptors (Lipinski definition) is 5. The van der Waals surface area contributed by atoms with Gasteiger partial charge in [0.2, 0.25) is 5.91 Å². The molecule has 24 heavy (non-hydrogen) atoms. The van der Waals surface area contributed by atoms with Crippen LogP contribution in [0, 0.1) is 17.0 Å². The Morgan fingerprint density at radius 2 is 2.21 bits per heavy atom. The molecule has 0 radical (unpaired) electrons. The number of carbonyl (C=O) groups excluding carboxylic acids is 1. The molecule has 0 saturated carbocycles. The van der Waals surface area contributed by atoms with Gasteiger partial charge in [-0.2, -0.15) is 5.10 Å². The number of amides is 1. The maximum Gasteiger partial charge on any atom is 0.283 e. The third kappa shape index (κ3) is 3.59. The van der Waals surface area contributed by atoms with Crippen LogP contribution in [0.2, 0.25) is 5.02 Å². The number of carbonyl (C=O) groups is 1. The molecule has 1 aromatic heterocycles. The molecule has 0 spiro atoms. The molecule has 0 aliphatic heterocycles. The van der Waals surface area contributed by atoms with Crippen LogP contribution in [0.4, 0.5) is 20.2 Å². The molecule has 11 heteroatoms. The summed E-state index contributed by atoms with van der Waals surface area (Å²) in [5.41, 5.74) is -0.980. The third-order valence-corrected chi connectivity index (χ3v) is 3.59. The molecule has 1 aromatic carbocycles. The van der Waals surface area contributed by atoms with E-state index in [4.69, 9.17) is 11.6 Å². The van der Waals surface area contributed by atoms with Crippen LogP contribution in [0.15, 0.2) is 18.2 Å². The molecule has 1 amide bonds. The van der Waals surface area contributed by atoms with Crippen molar-refractivity contribution in [3.05, 3.63) is 44.7 Å². The minimum Gasteiger partial charge on any atom is -0.506 e. The zero-order chi connectivity index (χ0) is 18.0. The van der Waals surface area contributed by atoms with Crippen molar-refractivity contribution < 1.29 is 23.6 Å². The summed E-state index contributed by atoms with van der Waals surface area (Å²) in [6.45, 7) is 0.958. The standard InChI is InChI=1S/C13H11ClF2N4O4/c1-6-11(14)12(13(15)16)18-19(6)5-10(22)17-8-4-7(20(23)24)2-3-9(8)21/h2-4,13,21H,5H2,1H3,(H,17,22). The number of rotatable bonds is 5. The van der Waals surface area contributed by atoms with Gasteiger partial charge in [0, 0.05) is 12.1 Å². The van der Waals surface area contributed by atoms with Crippen LogP contribution in [0.5, 0.6) is 5.75 Å². The first kappa shape index (κ1) is 17.6. The van der Waals surface area contributed by atoms with Gasteiger partial charge in [-0.15, -0.1) is 0 Å². The lowest BCUT2D eigenvalue weighted by Crippen LogP contribution is -2.20. The number of benzene rings is 1. The first-order valence-corrected chi connectivity index (χ1v) is 6.86. The fourth-order valence-corrected chi connectivity index (χ4v) is 2.12. The summed E-state index contributed by atoms with van der Waals surface area (Å²) in [4.78, 5) is 22.0. The van der Waals surface area contributed by atoms with Crippen molar-refractivity contribution in [3.8, 4) is 5.75 Å². The Balaban J connectivity index is 2.19. The average Bonchev–Trinajstić information content (AvgIpc) is 2.77. The molecular formula is C13H11ClF2N4O4. The molecule has 0 aliphatic carbocycles. The first-order chi connectivity index (χ1) is 11.2. The Labute approximate surface area is 138 Å². The summed E-state index contributed by atoms with van der Waals surface area (Å²) in [7, 11) is 0. The molecule has 2 aromatic rings. The number of nitro groups is 1. The quantitative estimate of drug-likeness (QED) is 0.483. The van der Waals surface area contributed by atoms with Crippen LogP contribution >= 0.6 is 11.6 Å². The lowest BCUT2D eigenvalue weighted by Gasteiger charge is -2.08. The first-order valence-electron chi connectivity index (χ1n) is 6.49. The second kappa shape index (κ2) is 6.79. The normalized spacial score (nSPS) is 10.9. The lowest BCUT2D eigenvalue weighted by molar-refractivity contribution is -0.384. The predicted octanol–water partition coefficient (Wildman–Crippen LogP) is 3.04. The van der Waals surface area contributed by atoms with E-state index in [1.54, 1.807) is 0 Å². The summed E-state index contributed by atoms with van der Waals surface area (Å²) in [5.74, 6) is -1.11. The molecular weight excluding hydrogens is 350 g/mol. The maximum atomic E-state index is 12.7. The van der Waals surface area contributed by atoms with Gasteiger partial charge in [0.25, 0.3) is 12.1 Å². The number of alkyl halides is 2. The second-order valence-electron chi connectivity index (χ2n) is 4.75. The molecule has 0 saturated heterocycles. The van der Waals surface area contributed by atoms with Gasteiger partial charge < -0.3 is 10.4 Å². The van der Waals surface area contributed by atoms with Crippen molar-refractivity contribution in [2.75, 3.05) is 5.32 Å². The molecule has 128 valence electrons. The number of aromatic nitrogens is 2. The van der Waals surface area contributed by atoms with Crippen molar-refractivity contribution in [1.29, 1.82) is 0 Å². The van der Waals surface area contributed by atoms with Gasteiger partial charge >= 0.3 is 0 Å². The number of nitro benzene ring substituents is 1. The largest absolute Gasteiger partial charge is 0.506 e. The van der Waals surface area contributed by atoms with E-state index in [0.717, 1.165) is 22.9 Å². The highest BCUT2D eigenvalue weighted by molar-refractivity contribution is 6.31. The fourth-order valence-electron chi connectivity index (χ4n) is 1.90. The molecule has 0 bridgehead atoms.